The summed E-state index contributed by atoms with van der Waals surface area (Å²) in [5.41, 5.74) is 1.40. The predicted molar refractivity (Wildman–Crippen MR) is 65.2 cm³/mol. The van der Waals surface area contributed by atoms with Crippen LogP contribution >= 0.6 is 0 Å². The average molecular weight is 285 g/mol. The molecule has 4 nitrogen and oxygen atoms in total. The molecule has 0 aliphatic heterocycles. The predicted octanol–water partition coefficient (Wildman–Crippen LogP) is -2.11. The first-order chi connectivity index (χ1) is 7.08. The van der Waals surface area contributed by atoms with Gasteiger partial charge in [0.1, 0.15) is 6.54 Å². The Balaban J connectivity index is 0. The van der Waals surface area contributed by atoms with Gasteiger partial charge in [-0.25, -0.2) is 0 Å². The summed E-state index contributed by atoms with van der Waals surface area (Å²) in [4.78, 5) is 0. The summed E-state index contributed by atoms with van der Waals surface area (Å²) in [6, 6.07) is 10.6. The molecule has 0 aromatic heterocycles. The molecule has 1 rings (SSSR count). The summed E-state index contributed by atoms with van der Waals surface area (Å²) in [7, 11) is 2.27. The van der Waals surface area contributed by atoms with Gasteiger partial charge in [-0.15, -0.1) is 9.05 Å². The maximum absolute atomic E-state index is 8.89. The standard InChI is InChI=1S/C10H16N.Na.H2O3S2/c1-11(2,3)9-10-7-5-4-6-8-10;;1-5(2,3)4/h4-8H,9H2,1-3H3;;(H2,1,2,3,4)/q2*+1;/p-2. The molecule has 0 N–H and O–H groups in total. The van der Waals surface area contributed by atoms with Crippen LogP contribution in [0, 0.1) is 0 Å². The molecule has 0 aliphatic carbocycles. The third-order valence-corrected chi connectivity index (χ3v) is 1.50. The molecule has 92 valence electrons. The van der Waals surface area contributed by atoms with E-state index in [1.165, 1.54) is 5.56 Å². The van der Waals surface area contributed by atoms with Crippen LogP contribution in [0.5, 0.6) is 0 Å². The number of hydrogen-bond acceptors (Lipinski definition) is 4. The SMILES string of the molecule is C[N+](C)(C)Cc1ccccc1.O=S([O-])([O-])=S.[Na+]. The summed E-state index contributed by atoms with van der Waals surface area (Å²) >= 11 is 3.24. The van der Waals surface area contributed by atoms with Crippen molar-refractivity contribution in [3.8, 4) is 0 Å². The van der Waals surface area contributed by atoms with Crippen molar-refractivity contribution in [1.82, 2.24) is 0 Å². The Kier molecular flexibility index (Phi) is 9.96. The van der Waals surface area contributed by atoms with Crippen molar-refractivity contribution in [3.05, 3.63) is 35.9 Å². The van der Waals surface area contributed by atoms with Crippen LogP contribution in [0.1, 0.15) is 5.56 Å². The molecule has 0 amide bonds. The minimum atomic E-state index is -4.33. The third-order valence-electron chi connectivity index (χ3n) is 1.50. The Morgan fingerprint density at radius 2 is 1.53 bits per heavy atom. The smallest absolute Gasteiger partial charge is 0.780 e. The number of quaternary nitrogens is 1. The molecule has 0 atom stereocenters. The second kappa shape index (κ2) is 8.55. The molecule has 0 bridgehead atoms. The Labute approximate surface area is 130 Å². The van der Waals surface area contributed by atoms with Gasteiger partial charge in [-0.2, -0.15) is 0 Å². The Bertz CT molecular complexity index is 393. The van der Waals surface area contributed by atoms with Gasteiger partial charge >= 0.3 is 29.6 Å². The van der Waals surface area contributed by atoms with E-state index in [9.17, 15) is 0 Å². The first-order valence-corrected chi connectivity index (χ1v) is 6.92. The molecule has 0 unspecified atom stereocenters. The van der Waals surface area contributed by atoms with Crippen LogP contribution in [0.3, 0.4) is 0 Å². The van der Waals surface area contributed by atoms with Crippen LogP contribution in [-0.4, -0.2) is 38.9 Å². The van der Waals surface area contributed by atoms with Crippen molar-refractivity contribution in [1.29, 1.82) is 0 Å². The number of rotatable bonds is 2. The van der Waals surface area contributed by atoms with Gasteiger partial charge in [0.2, 0.25) is 0 Å². The van der Waals surface area contributed by atoms with Crippen LogP contribution in [0.4, 0.5) is 0 Å². The van der Waals surface area contributed by atoms with Crippen LogP contribution in [0.2, 0.25) is 0 Å². The molecule has 0 aliphatic rings. The van der Waals surface area contributed by atoms with Crippen molar-refractivity contribution >= 4 is 20.2 Å². The maximum atomic E-state index is 8.89. The second-order valence-corrected chi connectivity index (χ2v) is 6.38. The number of nitrogens with zero attached hydrogens (tertiary/aromatic N) is 1. The van der Waals surface area contributed by atoms with Gasteiger partial charge in [-0.1, -0.05) is 30.3 Å². The van der Waals surface area contributed by atoms with Crippen molar-refractivity contribution in [2.24, 2.45) is 0 Å². The zero-order valence-corrected chi connectivity index (χ0v) is 14.2. The fraction of sp³-hybridized carbons (Fsp3) is 0.400. The monoisotopic (exact) mass is 285 g/mol. The van der Waals surface area contributed by atoms with E-state index in [1.807, 2.05) is 0 Å². The van der Waals surface area contributed by atoms with E-state index in [1.54, 1.807) is 0 Å². The fourth-order valence-corrected chi connectivity index (χ4v) is 1.13. The molecule has 17 heavy (non-hydrogen) atoms. The zero-order valence-electron chi connectivity index (χ0n) is 10.6. The molecule has 0 saturated carbocycles. The largest absolute Gasteiger partial charge is 1.00 e. The third kappa shape index (κ3) is 19.0. The maximum Gasteiger partial charge on any atom is 1.00 e. The van der Waals surface area contributed by atoms with Crippen LogP contribution in [0.25, 0.3) is 0 Å². The molecular formula is C10H16NNaO3S2. The van der Waals surface area contributed by atoms with Crippen LogP contribution in [-0.2, 0) is 26.8 Å². The van der Waals surface area contributed by atoms with E-state index in [4.69, 9.17) is 13.3 Å². The van der Waals surface area contributed by atoms with Crippen molar-refractivity contribution in [3.63, 3.8) is 0 Å². The average Bonchev–Trinajstić information content (AvgIpc) is 1.99. The second-order valence-electron chi connectivity index (χ2n) is 4.34. The summed E-state index contributed by atoms with van der Waals surface area (Å²) < 4.78 is 27.7. The van der Waals surface area contributed by atoms with Crippen LogP contribution < -0.4 is 29.6 Å². The van der Waals surface area contributed by atoms with E-state index in [2.05, 4.69) is 62.7 Å². The van der Waals surface area contributed by atoms with Crippen molar-refractivity contribution in [2.75, 3.05) is 21.1 Å². The Morgan fingerprint density at radius 3 is 1.82 bits per heavy atom. The fourth-order valence-electron chi connectivity index (χ4n) is 1.13. The van der Waals surface area contributed by atoms with E-state index in [-0.39, 0.29) is 29.6 Å². The number of benzene rings is 1. The van der Waals surface area contributed by atoms with E-state index < -0.39 is 9.05 Å². The molecule has 0 heterocycles. The van der Waals surface area contributed by atoms with Crippen molar-refractivity contribution in [2.45, 2.75) is 6.54 Å². The molecule has 0 spiro atoms. The summed E-state index contributed by atoms with van der Waals surface area (Å²) in [5.74, 6) is 0. The summed E-state index contributed by atoms with van der Waals surface area (Å²) in [5, 5.41) is 0. The van der Waals surface area contributed by atoms with Gasteiger partial charge in [0, 0.05) is 5.56 Å². The Hall–Kier alpha value is 0.470. The molecule has 7 heteroatoms. The van der Waals surface area contributed by atoms with Gasteiger partial charge in [0.15, 0.2) is 0 Å². The zero-order chi connectivity index (χ0) is 12.8. The minimum Gasteiger partial charge on any atom is -0.780 e. The normalized spacial score (nSPS) is 10.9. The Morgan fingerprint density at radius 1 is 1.18 bits per heavy atom. The molecule has 0 radical (unpaired) electrons. The molecular weight excluding hydrogens is 269 g/mol. The summed E-state index contributed by atoms with van der Waals surface area (Å²) in [6.07, 6.45) is 0. The van der Waals surface area contributed by atoms with Gasteiger partial charge in [0.05, 0.1) is 21.1 Å². The quantitative estimate of drug-likeness (QED) is 0.461. The van der Waals surface area contributed by atoms with Crippen LogP contribution in [0.15, 0.2) is 30.3 Å². The molecule has 0 fully saturated rings. The van der Waals surface area contributed by atoms with E-state index in [0.717, 1.165) is 11.0 Å². The molecule has 0 saturated heterocycles. The molecule has 1 aromatic rings. The van der Waals surface area contributed by atoms with Gasteiger partial charge in [0.25, 0.3) is 0 Å². The summed E-state index contributed by atoms with van der Waals surface area (Å²) in [6.45, 7) is 1.10. The molecule has 1 aromatic carbocycles. The first-order valence-electron chi connectivity index (χ1n) is 4.59. The minimum absolute atomic E-state index is 0. The van der Waals surface area contributed by atoms with E-state index >= 15 is 0 Å². The van der Waals surface area contributed by atoms with Crippen molar-refractivity contribution < 1.29 is 47.4 Å². The topological polar surface area (TPSA) is 63.2 Å². The first kappa shape index (κ1) is 19.8. The van der Waals surface area contributed by atoms with Gasteiger partial charge < -0.3 is 13.6 Å². The van der Waals surface area contributed by atoms with E-state index in [0.29, 0.717) is 0 Å². The number of hydrogen-bond donors (Lipinski definition) is 0. The van der Waals surface area contributed by atoms with Gasteiger partial charge in [-0.05, 0) is 11.2 Å². The van der Waals surface area contributed by atoms with Gasteiger partial charge in [-0.3, -0.25) is 4.21 Å².